The van der Waals surface area contributed by atoms with Gasteiger partial charge in [0.1, 0.15) is 0 Å². The number of rotatable bonds is 3. The number of carboxylic acids is 1. The van der Waals surface area contributed by atoms with E-state index in [9.17, 15) is 21.6 Å². The van der Waals surface area contributed by atoms with Gasteiger partial charge in [0.05, 0.1) is 27.2 Å². The fourth-order valence-corrected chi connectivity index (χ4v) is 6.34. The van der Waals surface area contributed by atoms with Crippen LogP contribution < -0.4 is 0 Å². The number of sulfone groups is 2. The molecule has 0 spiro atoms. The monoisotopic (exact) mass is 304 g/mol. The summed E-state index contributed by atoms with van der Waals surface area (Å²) in [5.74, 6) is -1.63. The molecule has 8 heteroatoms. The van der Waals surface area contributed by atoms with E-state index in [1.165, 1.54) is 24.3 Å². The molecule has 1 heterocycles. The van der Waals surface area contributed by atoms with E-state index in [4.69, 9.17) is 5.11 Å². The van der Waals surface area contributed by atoms with Crippen LogP contribution >= 0.6 is 0 Å². The van der Waals surface area contributed by atoms with Gasteiger partial charge in [-0.3, -0.25) is 0 Å². The maximum absolute atomic E-state index is 12.2. The highest BCUT2D eigenvalue weighted by atomic mass is 32.2. The molecule has 0 unspecified atom stereocenters. The molecule has 1 aromatic rings. The predicted molar refractivity (Wildman–Crippen MR) is 67.6 cm³/mol. The van der Waals surface area contributed by atoms with E-state index in [2.05, 4.69) is 0 Å². The highest BCUT2D eigenvalue weighted by Crippen LogP contribution is 2.25. The maximum atomic E-state index is 12.2. The van der Waals surface area contributed by atoms with Crippen LogP contribution in [0.4, 0.5) is 0 Å². The van der Waals surface area contributed by atoms with E-state index in [0.29, 0.717) is 0 Å². The van der Waals surface area contributed by atoms with Crippen molar-refractivity contribution in [3.8, 4) is 0 Å². The van der Waals surface area contributed by atoms with Crippen molar-refractivity contribution in [3.05, 3.63) is 29.8 Å². The second-order valence-electron chi connectivity index (χ2n) is 4.40. The molecule has 1 fully saturated rings. The van der Waals surface area contributed by atoms with Gasteiger partial charge in [-0.25, -0.2) is 21.6 Å². The first-order valence-corrected chi connectivity index (χ1v) is 8.87. The number of carboxylic acid groups (broad SMARTS) is 1. The Balaban J connectivity index is 2.33. The Hall–Kier alpha value is -1.41. The fraction of sp³-hybridized carbons (Fsp3) is 0.364. The smallest absolute Gasteiger partial charge is 0.335 e. The number of carbonyl (C=O) groups is 1. The minimum Gasteiger partial charge on any atom is -0.478 e. The molecule has 0 radical (unpaired) electrons. The van der Waals surface area contributed by atoms with Gasteiger partial charge in [-0.05, 0) is 30.7 Å². The molecule has 2 rings (SSSR count). The highest BCUT2D eigenvalue weighted by molar-refractivity contribution is 7.96. The maximum Gasteiger partial charge on any atom is 0.335 e. The zero-order chi connectivity index (χ0) is 14.3. The van der Waals surface area contributed by atoms with Crippen molar-refractivity contribution < 1.29 is 26.7 Å². The average Bonchev–Trinajstić information content (AvgIpc) is 2.70. The summed E-state index contributed by atoms with van der Waals surface area (Å²) in [4.78, 5) is 10.6. The first-order valence-electron chi connectivity index (χ1n) is 5.50. The van der Waals surface area contributed by atoms with E-state index in [0.717, 1.165) is 0 Å². The van der Waals surface area contributed by atoms with Crippen LogP contribution in [0.15, 0.2) is 29.2 Å². The molecule has 1 N–H and O–H groups in total. The SMILES string of the molecule is O=C(O)c1ccc(S(=O)(=O)[C@@H]2CCS(=O)(=O)C2)cc1. The lowest BCUT2D eigenvalue weighted by atomic mass is 10.2. The van der Waals surface area contributed by atoms with E-state index < -0.39 is 30.9 Å². The lowest BCUT2D eigenvalue weighted by Crippen LogP contribution is -2.22. The summed E-state index contributed by atoms with van der Waals surface area (Å²) in [6, 6.07) is 4.78. The van der Waals surface area contributed by atoms with Crippen LogP contribution in [0.1, 0.15) is 16.8 Å². The third-order valence-electron chi connectivity index (χ3n) is 3.06. The van der Waals surface area contributed by atoms with E-state index >= 15 is 0 Å². The molecule has 1 atom stereocenters. The van der Waals surface area contributed by atoms with Crippen LogP contribution in [0.25, 0.3) is 0 Å². The molecule has 0 saturated carbocycles. The summed E-state index contributed by atoms with van der Waals surface area (Å²) in [5.41, 5.74) is -0.0157. The number of hydrogen-bond acceptors (Lipinski definition) is 5. The Labute approximate surface area is 110 Å². The Morgan fingerprint density at radius 1 is 1.21 bits per heavy atom. The van der Waals surface area contributed by atoms with Crippen LogP contribution in [0.5, 0.6) is 0 Å². The summed E-state index contributed by atoms with van der Waals surface area (Å²) in [6.07, 6.45) is 0.0886. The van der Waals surface area contributed by atoms with Crippen molar-refractivity contribution in [1.82, 2.24) is 0 Å². The Bertz CT molecular complexity index is 700. The topological polar surface area (TPSA) is 106 Å². The molecule has 104 valence electrons. The fourth-order valence-electron chi connectivity index (χ4n) is 1.99. The summed E-state index contributed by atoms with van der Waals surface area (Å²) < 4.78 is 47.0. The number of hydrogen-bond donors (Lipinski definition) is 1. The minimum atomic E-state index is -3.72. The molecule has 1 saturated heterocycles. The third-order valence-corrected chi connectivity index (χ3v) is 7.25. The van der Waals surface area contributed by atoms with Crippen molar-refractivity contribution >= 4 is 25.6 Å². The lowest BCUT2D eigenvalue weighted by Gasteiger charge is -2.10. The van der Waals surface area contributed by atoms with Gasteiger partial charge < -0.3 is 5.11 Å². The first kappa shape index (κ1) is 14.0. The number of benzene rings is 1. The van der Waals surface area contributed by atoms with Crippen LogP contribution in [0, 0.1) is 0 Å². The minimum absolute atomic E-state index is 0.0157. The van der Waals surface area contributed by atoms with Crippen LogP contribution in [-0.2, 0) is 19.7 Å². The predicted octanol–water partition coefficient (Wildman–Crippen LogP) is 0.346. The van der Waals surface area contributed by atoms with E-state index in [-0.39, 0.29) is 28.4 Å². The molecule has 1 aliphatic rings. The van der Waals surface area contributed by atoms with Gasteiger partial charge in [0.2, 0.25) is 0 Å². The van der Waals surface area contributed by atoms with Gasteiger partial charge in [-0.15, -0.1) is 0 Å². The van der Waals surface area contributed by atoms with E-state index in [1.807, 2.05) is 0 Å². The Kier molecular flexibility index (Phi) is 3.40. The van der Waals surface area contributed by atoms with Crippen LogP contribution in [0.2, 0.25) is 0 Å². The molecule has 0 aromatic heterocycles. The van der Waals surface area contributed by atoms with Gasteiger partial charge >= 0.3 is 5.97 Å². The summed E-state index contributed by atoms with van der Waals surface area (Å²) in [7, 11) is -7.01. The zero-order valence-corrected chi connectivity index (χ0v) is 11.4. The first-order chi connectivity index (χ1) is 8.72. The van der Waals surface area contributed by atoms with Gasteiger partial charge in [0.15, 0.2) is 19.7 Å². The van der Waals surface area contributed by atoms with Crippen molar-refractivity contribution in [3.63, 3.8) is 0 Å². The largest absolute Gasteiger partial charge is 0.478 e. The molecule has 19 heavy (non-hydrogen) atoms. The van der Waals surface area contributed by atoms with Gasteiger partial charge in [-0.2, -0.15) is 0 Å². The normalized spacial score (nSPS) is 22.2. The molecule has 1 aromatic carbocycles. The number of aromatic carboxylic acids is 1. The van der Waals surface area contributed by atoms with E-state index in [1.54, 1.807) is 0 Å². The summed E-state index contributed by atoms with van der Waals surface area (Å²) in [6.45, 7) is 0. The molecular formula is C11H12O6S2. The van der Waals surface area contributed by atoms with Crippen molar-refractivity contribution in [2.24, 2.45) is 0 Å². The standard InChI is InChI=1S/C11H12O6S2/c12-11(13)8-1-3-9(4-2-8)19(16,17)10-5-6-18(14,15)7-10/h1-4,10H,5-7H2,(H,12,13)/t10-/m1/s1. The van der Waals surface area contributed by atoms with Gasteiger partial charge in [0.25, 0.3) is 0 Å². The summed E-state index contributed by atoms with van der Waals surface area (Å²) in [5, 5.41) is 7.79. The Morgan fingerprint density at radius 3 is 2.21 bits per heavy atom. The van der Waals surface area contributed by atoms with Gasteiger partial charge in [0, 0.05) is 0 Å². The van der Waals surface area contributed by atoms with Crippen molar-refractivity contribution in [1.29, 1.82) is 0 Å². The molecule has 0 amide bonds. The van der Waals surface area contributed by atoms with Gasteiger partial charge in [-0.1, -0.05) is 0 Å². The third kappa shape index (κ3) is 2.79. The molecular weight excluding hydrogens is 292 g/mol. The second kappa shape index (κ2) is 4.61. The quantitative estimate of drug-likeness (QED) is 0.863. The zero-order valence-electron chi connectivity index (χ0n) is 9.81. The van der Waals surface area contributed by atoms with Crippen LogP contribution in [-0.4, -0.2) is 44.7 Å². The highest BCUT2D eigenvalue weighted by Gasteiger charge is 2.37. The van der Waals surface area contributed by atoms with Crippen molar-refractivity contribution in [2.45, 2.75) is 16.6 Å². The molecule has 6 nitrogen and oxygen atoms in total. The summed E-state index contributed by atoms with van der Waals surface area (Å²) >= 11 is 0. The molecule has 1 aliphatic heterocycles. The second-order valence-corrected chi connectivity index (χ2v) is 8.86. The molecule has 0 aliphatic carbocycles. The van der Waals surface area contributed by atoms with Crippen molar-refractivity contribution in [2.75, 3.05) is 11.5 Å². The van der Waals surface area contributed by atoms with Crippen LogP contribution in [0.3, 0.4) is 0 Å². The Morgan fingerprint density at radius 2 is 1.79 bits per heavy atom. The average molecular weight is 304 g/mol. The molecule has 0 bridgehead atoms. The lowest BCUT2D eigenvalue weighted by molar-refractivity contribution is 0.0696.